The van der Waals surface area contributed by atoms with Gasteiger partial charge in [-0.15, -0.1) is 0 Å². The number of rotatable bonds is 3. The van der Waals surface area contributed by atoms with Crippen LogP contribution in [0.2, 0.25) is 0 Å². The Labute approximate surface area is 130 Å². The number of hydrogen-bond donors (Lipinski definition) is 0. The predicted octanol–water partition coefficient (Wildman–Crippen LogP) is 2.31. The number of aryl methyl sites for hydroxylation is 1. The van der Waals surface area contributed by atoms with Crippen LogP contribution in [-0.4, -0.2) is 37.2 Å². The quantitative estimate of drug-likeness (QED) is 0.730. The maximum Gasteiger partial charge on any atom is 0.171 e. The zero-order chi connectivity index (χ0) is 14.4. The second-order valence-electron chi connectivity index (χ2n) is 5.26. The molecular weight excluding hydrogens is 332 g/mol. The largest absolute Gasteiger partial charge is 0.352 e. The third kappa shape index (κ3) is 2.03. The maximum absolute atomic E-state index is 4.64. The van der Waals surface area contributed by atoms with E-state index in [1.165, 1.54) is 0 Å². The molecule has 4 heterocycles. The molecule has 0 bridgehead atoms. The van der Waals surface area contributed by atoms with Crippen LogP contribution in [0.25, 0.3) is 5.65 Å². The summed E-state index contributed by atoms with van der Waals surface area (Å²) in [4.78, 5) is 11.1. The highest BCUT2D eigenvalue weighted by Crippen LogP contribution is 2.30. The highest BCUT2D eigenvalue weighted by atomic mass is 79.9. The predicted molar refractivity (Wildman–Crippen MR) is 83.5 cm³/mol. The summed E-state index contributed by atoms with van der Waals surface area (Å²) in [5.41, 5.74) is 1.97. The molecule has 0 radical (unpaired) electrons. The highest BCUT2D eigenvalue weighted by Gasteiger charge is 2.30. The standard InChI is InChI=1S/C14H15BrN6/c1-2-10-5-13(21-14(18-10)12(15)6-17-21)20-7-11(8-20)19-4-3-16-9-19/h3-6,9,11H,2,7-8H2,1H3. The van der Waals surface area contributed by atoms with Gasteiger partial charge in [-0.05, 0) is 22.4 Å². The minimum Gasteiger partial charge on any atom is -0.352 e. The molecule has 0 saturated carbocycles. The normalized spacial score (nSPS) is 15.6. The lowest BCUT2D eigenvalue weighted by Gasteiger charge is -2.41. The molecule has 108 valence electrons. The Hall–Kier alpha value is -1.89. The first-order valence-corrected chi connectivity index (χ1v) is 7.81. The van der Waals surface area contributed by atoms with Crippen LogP contribution >= 0.6 is 15.9 Å². The molecule has 4 rings (SSSR count). The SMILES string of the molecule is CCc1cc(N2CC(n3ccnc3)C2)n2ncc(Br)c2n1. The van der Waals surface area contributed by atoms with Gasteiger partial charge in [0.15, 0.2) is 5.65 Å². The third-order valence-electron chi connectivity index (χ3n) is 3.96. The molecular formula is C14H15BrN6. The topological polar surface area (TPSA) is 51.2 Å². The summed E-state index contributed by atoms with van der Waals surface area (Å²) in [5.74, 6) is 1.11. The van der Waals surface area contributed by atoms with Crippen molar-refractivity contribution in [3.8, 4) is 0 Å². The summed E-state index contributed by atoms with van der Waals surface area (Å²) >= 11 is 3.52. The van der Waals surface area contributed by atoms with Gasteiger partial charge in [0.25, 0.3) is 0 Å². The van der Waals surface area contributed by atoms with E-state index in [4.69, 9.17) is 0 Å². The molecule has 0 unspecified atom stereocenters. The molecule has 0 amide bonds. The number of aromatic nitrogens is 5. The van der Waals surface area contributed by atoms with Gasteiger partial charge in [0.1, 0.15) is 5.82 Å². The molecule has 0 atom stereocenters. The van der Waals surface area contributed by atoms with Crippen LogP contribution in [0.1, 0.15) is 18.7 Å². The van der Waals surface area contributed by atoms with E-state index >= 15 is 0 Å². The Balaban J connectivity index is 1.68. The number of fused-ring (bicyclic) bond motifs is 1. The van der Waals surface area contributed by atoms with Crippen molar-refractivity contribution < 1.29 is 0 Å². The molecule has 0 spiro atoms. The molecule has 7 heteroatoms. The number of hydrogen-bond acceptors (Lipinski definition) is 4. The van der Waals surface area contributed by atoms with Crippen LogP contribution in [0.15, 0.2) is 35.5 Å². The molecule has 21 heavy (non-hydrogen) atoms. The first-order chi connectivity index (χ1) is 10.3. The van der Waals surface area contributed by atoms with E-state index in [0.717, 1.165) is 41.1 Å². The zero-order valence-electron chi connectivity index (χ0n) is 11.6. The second-order valence-corrected chi connectivity index (χ2v) is 6.11. The van der Waals surface area contributed by atoms with Crippen LogP contribution in [0.3, 0.4) is 0 Å². The van der Waals surface area contributed by atoms with Crippen molar-refractivity contribution in [3.63, 3.8) is 0 Å². The number of anilines is 1. The average molecular weight is 347 g/mol. The van der Waals surface area contributed by atoms with Gasteiger partial charge in [0, 0.05) is 37.2 Å². The van der Waals surface area contributed by atoms with E-state index < -0.39 is 0 Å². The Bertz CT molecular complexity index is 772. The maximum atomic E-state index is 4.64. The van der Waals surface area contributed by atoms with Gasteiger partial charge < -0.3 is 9.47 Å². The van der Waals surface area contributed by atoms with Crippen molar-refractivity contribution in [1.29, 1.82) is 0 Å². The summed E-state index contributed by atoms with van der Waals surface area (Å²) in [6, 6.07) is 2.62. The summed E-state index contributed by atoms with van der Waals surface area (Å²) in [6.07, 6.45) is 8.45. The highest BCUT2D eigenvalue weighted by molar-refractivity contribution is 9.10. The van der Waals surface area contributed by atoms with E-state index in [1.54, 1.807) is 6.20 Å². The molecule has 1 fully saturated rings. The van der Waals surface area contributed by atoms with E-state index in [-0.39, 0.29) is 0 Å². The first kappa shape index (κ1) is 12.8. The molecule has 1 aliphatic heterocycles. The van der Waals surface area contributed by atoms with Gasteiger partial charge in [0.05, 0.1) is 23.0 Å². The molecule has 1 saturated heterocycles. The van der Waals surface area contributed by atoms with Crippen molar-refractivity contribution in [1.82, 2.24) is 24.1 Å². The molecule has 6 nitrogen and oxygen atoms in total. The number of halogens is 1. The Morgan fingerprint density at radius 3 is 2.95 bits per heavy atom. The van der Waals surface area contributed by atoms with Gasteiger partial charge >= 0.3 is 0 Å². The van der Waals surface area contributed by atoms with Crippen molar-refractivity contribution in [2.45, 2.75) is 19.4 Å². The Morgan fingerprint density at radius 1 is 1.38 bits per heavy atom. The van der Waals surface area contributed by atoms with Gasteiger partial charge in [-0.2, -0.15) is 9.61 Å². The Morgan fingerprint density at radius 2 is 2.24 bits per heavy atom. The lowest BCUT2D eigenvalue weighted by Crippen LogP contribution is -2.48. The van der Waals surface area contributed by atoms with Crippen molar-refractivity contribution >= 4 is 27.4 Å². The minimum absolute atomic E-state index is 0.486. The lowest BCUT2D eigenvalue weighted by molar-refractivity contribution is 0.394. The van der Waals surface area contributed by atoms with Crippen LogP contribution < -0.4 is 4.90 Å². The number of imidazole rings is 1. The van der Waals surface area contributed by atoms with Gasteiger partial charge in [0.2, 0.25) is 0 Å². The fourth-order valence-corrected chi connectivity index (χ4v) is 3.04. The molecule has 0 aliphatic carbocycles. The molecule has 0 N–H and O–H groups in total. The second kappa shape index (κ2) is 4.84. The summed E-state index contributed by atoms with van der Waals surface area (Å²) in [7, 11) is 0. The Kier molecular flexibility index (Phi) is 2.95. The smallest absolute Gasteiger partial charge is 0.171 e. The van der Waals surface area contributed by atoms with Crippen LogP contribution in [-0.2, 0) is 6.42 Å². The monoisotopic (exact) mass is 346 g/mol. The average Bonchev–Trinajstić information content (AvgIpc) is 3.08. The molecule has 0 aromatic carbocycles. The van der Waals surface area contributed by atoms with Gasteiger partial charge in [-0.25, -0.2) is 9.97 Å². The third-order valence-corrected chi connectivity index (χ3v) is 4.52. The van der Waals surface area contributed by atoms with Crippen LogP contribution in [0, 0.1) is 0 Å². The molecule has 1 aliphatic rings. The van der Waals surface area contributed by atoms with E-state index in [9.17, 15) is 0 Å². The zero-order valence-corrected chi connectivity index (χ0v) is 13.2. The van der Waals surface area contributed by atoms with Gasteiger partial charge in [-0.1, -0.05) is 6.92 Å². The molecule has 3 aromatic heterocycles. The fraction of sp³-hybridized carbons (Fsp3) is 0.357. The minimum atomic E-state index is 0.486. The van der Waals surface area contributed by atoms with E-state index in [1.807, 2.05) is 23.2 Å². The van der Waals surface area contributed by atoms with Crippen molar-refractivity contribution in [2.75, 3.05) is 18.0 Å². The molecule has 3 aromatic rings. The first-order valence-electron chi connectivity index (χ1n) is 7.02. The fourth-order valence-electron chi connectivity index (χ4n) is 2.69. The van der Waals surface area contributed by atoms with Crippen molar-refractivity contribution in [3.05, 3.63) is 41.2 Å². The summed E-state index contributed by atoms with van der Waals surface area (Å²) < 4.78 is 5.01. The van der Waals surface area contributed by atoms with Crippen molar-refractivity contribution in [2.24, 2.45) is 0 Å². The van der Waals surface area contributed by atoms with E-state index in [0.29, 0.717) is 6.04 Å². The van der Waals surface area contributed by atoms with Crippen LogP contribution in [0.4, 0.5) is 5.82 Å². The number of nitrogens with zero attached hydrogens (tertiary/aromatic N) is 6. The van der Waals surface area contributed by atoms with Crippen LogP contribution in [0.5, 0.6) is 0 Å². The lowest BCUT2D eigenvalue weighted by atomic mass is 10.1. The summed E-state index contributed by atoms with van der Waals surface area (Å²) in [6.45, 7) is 4.06. The van der Waals surface area contributed by atoms with Gasteiger partial charge in [-0.3, -0.25) is 0 Å². The van der Waals surface area contributed by atoms with E-state index in [2.05, 4.69) is 53.5 Å². The summed E-state index contributed by atoms with van der Waals surface area (Å²) in [5, 5.41) is 4.43.